The van der Waals surface area contributed by atoms with E-state index in [1.54, 1.807) is 6.07 Å². The van der Waals surface area contributed by atoms with Gasteiger partial charge in [0.2, 0.25) is 0 Å². The molecule has 0 aliphatic heterocycles. The Balaban J connectivity index is 1.63. The molecule has 116 valence electrons. The molecule has 0 spiro atoms. The van der Waals surface area contributed by atoms with Gasteiger partial charge in [0.15, 0.2) is 0 Å². The smallest absolute Gasteiger partial charge is 0.340 e. The van der Waals surface area contributed by atoms with Gasteiger partial charge in [0.1, 0.15) is 5.82 Å². The third-order valence-corrected chi connectivity index (χ3v) is 3.46. The molecule has 0 atom stereocenters. The molecule has 1 aliphatic carbocycles. The van der Waals surface area contributed by atoms with E-state index in [4.69, 9.17) is 4.74 Å². The lowest BCUT2D eigenvalue weighted by Crippen LogP contribution is -2.17. The van der Waals surface area contributed by atoms with E-state index in [9.17, 15) is 9.18 Å². The Morgan fingerprint density at radius 3 is 2.90 bits per heavy atom. The highest BCUT2D eigenvalue weighted by atomic mass is 19.1. The van der Waals surface area contributed by atoms with Gasteiger partial charge in [-0.2, -0.15) is 0 Å². The molecular weight excluding hydrogens is 273 g/mol. The number of rotatable bonds is 9. The van der Waals surface area contributed by atoms with Gasteiger partial charge in [-0.25, -0.2) is 9.18 Å². The van der Waals surface area contributed by atoms with Crippen LogP contribution in [0.15, 0.2) is 18.2 Å². The van der Waals surface area contributed by atoms with Gasteiger partial charge in [-0.15, -0.1) is 0 Å². The molecule has 0 aromatic heterocycles. The van der Waals surface area contributed by atoms with Gasteiger partial charge in [-0.3, -0.25) is 0 Å². The number of carbonyl (C=O) groups excluding carboxylic acids is 1. The first-order chi connectivity index (χ1) is 10.2. The molecule has 2 rings (SSSR count). The lowest BCUT2D eigenvalue weighted by molar-refractivity contribution is 0.0595. The van der Waals surface area contributed by atoms with Crippen molar-refractivity contribution in [2.75, 3.05) is 26.9 Å². The van der Waals surface area contributed by atoms with Gasteiger partial charge in [-0.1, -0.05) is 6.07 Å². The van der Waals surface area contributed by atoms with Crippen LogP contribution >= 0.6 is 0 Å². The van der Waals surface area contributed by atoms with Crippen LogP contribution in [0.3, 0.4) is 0 Å². The van der Waals surface area contributed by atoms with Gasteiger partial charge in [0.25, 0.3) is 0 Å². The van der Waals surface area contributed by atoms with E-state index in [2.05, 4.69) is 10.1 Å². The molecule has 0 saturated heterocycles. The molecule has 0 heterocycles. The van der Waals surface area contributed by atoms with Gasteiger partial charge >= 0.3 is 5.97 Å². The average Bonchev–Trinajstić information content (AvgIpc) is 3.30. The minimum absolute atomic E-state index is 0.0327. The normalized spacial score (nSPS) is 14.2. The molecule has 5 heteroatoms. The van der Waals surface area contributed by atoms with Crippen LogP contribution in [0.5, 0.6) is 0 Å². The fourth-order valence-corrected chi connectivity index (χ4v) is 2.01. The Labute approximate surface area is 124 Å². The van der Waals surface area contributed by atoms with E-state index in [0.717, 1.165) is 37.7 Å². The van der Waals surface area contributed by atoms with Gasteiger partial charge in [-0.05, 0) is 49.4 Å². The van der Waals surface area contributed by atoms with E-state index in [-0.39, 0.29) is 5.56 Å². The number of ether oxygens (including phenoxy) is 2. The fourth-order valence-electron chi connectivity index (χ4n) is 2.01. The van der Waals surface area contributed by atoms with Crippen molar-refractivity contribution in [2.24, 2.45) is 5.92 Å². The van der Waals surface area contributed by atoms with Crippen molar-refractivity contribution < 1.29 is 18.7 Å². The summed E-state index contributed by atoms with van der Waals surface area (Å²) in [5, 5.41) is 3.23. The number of hydrogen-bond donors (Lipinski definition) is 1. The largest absolute Gasteiger partial charge is 0.465 e. The van der Waals surface area contributed by atoms with Crippen LogP contribution in [-0.2, 0) is 16.0 Å². The van der Waals surface area contributed by atoms with Crippen LogP contribution < -0.4 is 5.32 Å². The molecule has 0 radical (unpaired) electrons. The molecule has 4 nitrogen and oxygen atoms in total. The molecule has 1 N–H and O–H groups in total. The highest BCUT2D eigenvalue weighted by Gasteiger charge is 2.20. The number of carbonyl (C=O) groups is 1. The molecular formula is C16H22FNO3. The summed E-state index contributed by atoms with van der Waals surface area (Å²) >= 11 is 0. The van der Waals surface area contributed by atoms with Crippen LogP contribution in [0.2, 0.25) is 0 Å². The van der Waals surface area contributed by atoms with Crippen LogP contribution in [0.4, 0.5) is 4.39 Å². The minimum Gasteiger partial charge on any atom is -0.465 e. The Hall–Kier alpha value is -1.46. The lowest BCUT2D eigenvalue weighted by Gasteiger charge is -2.07. The fraction of sp³-hybridized carbons (Fsp3) is 0.562. The number of esters is 1. The summed E-state index contributed by atoms with van der Waals surface area (Å²) in [5.41, 5.74) is 0.772. The second kappa shape index (κ2) is 8.10. The maximum Gasteiger partial charge on any atom is 0.340 e. The summed E-state index contributed by atoms with van der Waals surface area (Å²) in [5.74, 6) is -0.400. The summed E-state index contributed by atoms with van der Waals surface area (Å²) in [6, 6.07) is 4.55. The first-order valence-corrected chi connectivity index (χ1v) is 7.36. The Morgan fingerprint density at radius 1 is 1.43 bits per heavy atom. The van der Waals surface area contributed by atoms with E-state index in [0.29, 0.717) is 6.54 Å². The maximum absolute atomic E-state index is 13.7. The second-order valence-corrected chi connectivity index (χ2v) is 5.35. The zero-order valence-corrected chi connectivity index (χ0v) is 12.4. The maximum atomic E-state index is 13.7. The summed E-state index contributed by atoms with van der Waals surface area (Å²) in [4.78, 5) is 11.3. The molecule has 0 bridgehead atoms. The monoisotopic (exact) mass is 295 g/mol. The zero-order chi connectivity index (χ0) is 15.1. The number of nitrogens with one attached hydrogen (secondary N) is 1. The van der Waals surface area contributed by atoms with E-state index in [1.807, 2.05) is 0 Å². The highest BCUT2D eigenvalue weighted by molar-refractivity contribution is 5.89. The molecule has 1 aromatic carbocycles. The summed E-state index contributed by atoms with van der Waals surface area (Å²) in [6.45, 7) is 3.05. The SMILES string of the molecule is COC(=O)c1ccc(CNCCCOCC2CC2)cc1F. The van der Waals surface area contributed by atoms with Gasteiger partial charge in [0.05, 0.1) is 12.7 Å². The number of hydrogen-bond acceptors (Lipinski definition) is 4. The molecule has 1 saturated carbocycles. The predicted molar refractivity (Wildman–Crippen MR) is 77.6 cm³/mol. The van der Waals surface area contributed by atoms with E-state index in [1.165, 1.54) is 32.1 Å². The van der Waals surface area contributed by atoms with Gasteiger partial charge < -0.3 is 14.8 Å². The van der Waals surface area contributed by atoms with Crippen LogP contribution in [0.1, 0.15) is 35.2 Å². The minimum atomic E-state index is -0.653. The van der Waals surface area contributed by atoms with Crippen molar-refractivity contribution >= 4 is 5.97 Å². The topological polar surface area (TPSA) is 47.6 Å². The van der Waals surface area contributed by atoms with Crippen molar-refractivity contribution in [3.63, 3.8) is 0 Å². The highest BCUT2D eigenvalue weighted by Crippen LogP contribution is 2.28. The molecule has 1 aromatic rings. The average molecular weight is 295 g/mol. The standard InChI is InChI=1S/C16H22FNO3/c1-20-16(19)14-6-5-13(9-15(14)17)10-18-7-2-8-21-11-12-3-4-12/h5-6,9,12,18H,2-4,7-8,10-11H2,1H3. The number of halogens is 1. The van der Waals surface area contributed by atoms with Gasteiger partial charge in [0, 0.05) is 19.8 Å². The van der Waals surface area contributed by atoms with Crippen molar-refractivity contribution in [1.29, 1.82) is 0 Å². The van der Waals surface area contributed by atoms with Crippen molar-refractivity contribution in [3.05, 3.63) is 35.1 Å². The number of methoxy groups -OCH3 is 1. The second-order valence-electron chi connectivity index (χ2n) is 5.35. The zero-order valence-electron chi connectivity index (χ0n) is 12.4. The predicted octanol–water partition coefficient (Wildman–Crippen LogP) is 2.52. The molecule has 1 aliphatic rings. The molecule has 1 fully saturated rings. The first kappa shape index (κ1) is 15.9. The Kier molecular flexibility index (Phi) is 6.14. The van der Waals surface area contributed by atoms with Crippen molar-refractivity contribution in [1.82, 2.24) is 5.32 Å². The first-order valence-electron chi connectivity index (χ1n) is 7.36. The summed E-state index contributed by atoms with van der Waals surface area (Å²) < 4.78 is 23.7. The summed E-state index contributed by atoms with van der Waals surface area (Å²) in [6.07, 6.45) is 3.56. The number of benzene rings is 1. The Bertz CT molecular complexity index is 475. The quantitative estimate of drug-likeness (QED) is 0.562. The van der Waals surface area contributed by atoms with E-state index >= 15 is 0 Å². The summed E-state index contributed by atoms with van der Waals surface area (Å²) in [7, 11) is 1.24. The molecule has 0 unspecified atom stereocenters. The third kappa shape index (κ3) is 5.44. The van der Waals surface area contributed by atoms with Crippen LogP contribution in [0, 0.1) is 11.7 Å². The van der Waals surface area contributed by atoms with Crippen molar-refractivity contribution in [2.45, 2.75) is 25.8 Å². The lowest BCUT2D eigenvalue weighted by atomic mass is 10.1. The molecule has 21 heavy (non-hydrogen) atoms. The Morgan fingerprint density at radius 2 is 2.24 bits per heavy atom. The van der Waals surface area contributed by atoms with Crippen molar-refractivity contribution in [3.8, 4) is 0 Å². The van der Waals surface area contributed by atoms with E-state index < -0.39 is 11.8 Å². The molecule has 0 amide bonds. The van der Waals surface area contributed by atoms with Crippen LogP contribution in [0.25, 0.3) is 0 Å². The van der Waals surface area contributed by atoms with Crippen LogP contribution in [-0.4, -0.2) is 32.8 Å². The third-order valence-electron chi connectivity index (χ3n) is 3.46.